The summed E-state index contributed by atoms with van der Waals surface area (Å²) in [6.45, 7) is 2.25. The molecule has 16 heavy (non-hydrogen) atoms. The van der Waals surface area contributed by atoms with E-state index < -0.39 is 5.97 Å². The second kappa shape index (κ2) is 5.64. The Kier molecular flexibility index (Phi) is 4.47. The summed E-state index contributed by atoms with van der Waals surface area (Å²) in [5.41, 5.74) is 6.99. The first-order valence-electron chi connectivity index (χ1n) is 4.73. The lowest BCUT2D eigenvalue weighted by Crippen LogP contribution is -2.08. The Morgan fingerprint density at radius 1 is 1.62 bits per heavy atom. The van der Waals surface area contributed by atoms with Crippen LogP contribution in [-0.4, -0.2) is 12.6 Å². The van der Waals surface area contributed by atoms with E-state index in [9.17, 15) is 4.79 Å². The molecular weight excluding hydrogens is 272 g/mol. The predicted octanol–water partition coefficient (Wildman–Crippen LogP) is 1.96. The van der Waals surface area contributed by atoms with Crippen LogP contribution in [0.2, 0.25) is 0 Å². The Hall–Kier alpha value is -1.38. The third-order valence-electron chi connectivity index (χ3n) is 2.01. The van der Waals surface area contributed by atoms with Gasteiger partial charge in [0.05, 0.1) is 17.7 Å². The fourth-order valence-corrected chi connectivity index (χ4v) is 1.87. The van der Waals surface area contributed by atoms with Crippen LogP contribution in [0.1, 0.15) is 28.4 Å². The molecule has 4 nitrogen and oxygen atoms in total. The highest BCUT2D eigenvalue weighted by Crippen LogP contribution is 2.22. The van der Waals surface area contributed by atoms with Crippen molar-refractivity contribution in [1.82, 2.24) is 0 Å². The van der Waals surface area contributed by atoms with Gasteiger partial charge in [-0.1, -0.05) is 0 Å². The molecule has 1 aromatic carbocycles. The van der Waals surface area contributed by atoms with E-state index in [4.69, 9.17) is 15.7 Å². The number of nitriles is 1. The van der Waals surface area contributed by atoms with Crippen LogP contribution in [0, 0.1) is 11.3 Å². The molecule has 0 bridgehead atoms. The van der Waals surface area contributed by atoms with Crippen molar-refractivity contribution >= 4 is 21.9 Å². The standard InChI is InChI=1S/C11H11BrN2O2/c1-2-16-11(15)7-3-8(5-13)9(6-14)10(12)4-7/h3-4H,2,5,13H2,1H3. The summed E-state index contributed by atoms with van der Waals surface area (Å²) >= 11 is 3.23. The number of hydrogen-bond donors (Lipinski definition) is 1. The maximum absolute atomic E-state index is 11.5. The second-order valence-corrected chi connectivity index (χ2v) is 3.88. The summed E-state index contributed by atoms with van der Waals surface area (Å²) in [4.78, 5) is 11.5. The Morgan fingerprint density at radius 3 is 2.81 bits per heavy atom. The number of carbonyl (C=O) groups is 1. The molecule has 0 saturated carbocycles. The summed E-state index contributed by atoms with van der Waals surface area (Å²) < 4.78 is 5.43. The lowest BCUT2D eigenvalue weighted by atomic mass is 10.0. The molecule has 0 aliphatic carbocycles. The zero-order valence-electron chi connectivity index (χ0n) is 8.79. The lowest BCUT2D eigenvalue weighted by Gasteiger charge is -2.07. The Labute approximate surface area is 102 Å². The molecule has 84 valence electrons. The molecule has 1 rings (SSSR count). The first kappa shape index (κ1) is 12.7. The van der Waals surface area contributed by atoms with Crippen molar-refractivity contribution < 1.29 is 9.53 Å². The van der Waals surface area contributed by atoms with Crippen molar-refractivity contribution in [3.8, 4) is 6.07 Å². The molecule has 0 radical (unpaired) electrons. The molecule has 0 fully saturated rings. The van der Waals surface area contributed by atoms with Gasteiger partial charge in [0.2, 0.25) is 0 Å². The van der Waals surface area contributed by atoms with Crippen molar-refractivity contribution in [2.75, 3.05) is 6.61 Å². The van der Waals surface area contributed by atoms with Gasteiger partial charge in [0, 0.05) is 11.0 Å². The van der Waals surface area contributed by atoms with E-state index in [-0.39, 0.29) is 6.54 Å². The van der Waals surface area contributed by atoms with E-state index in [0.29, 0.717) is 27.8 Å². The van der Waals surface area contributed by atoms with Crippen LogP contribution in [-0.2, 0) is 11.3 Å². The number of nitrogens with zero attached hydrogens (tertiary/aromatic N) is 1. The second-order valence-electron chi connectivity index (χ2n) is 3.03. The molecule has 2 N–H and O–H groups in total. The van der Waals surface area contributed by atoms with Crippen molar-refractivity contribution in [3.05, 3.63) is 33.3 Å². The van der Waals surface area contributed by atoms with Gasteiger partial charge < -0.3 is 10.5 Å². The van der Waals surface area contributed by atoms with Crippen molar-refractivity contribution in [3.63, 3.8) is 0 Å². The molecular formula is C11H11BrN2O2. The molecule has 0 aliphatic rings. The van der Waals surface area contributed by atoms with Crippen LogP contribution < -0.4 is 5.73 Å². The fraction of sp³-hybridized carbons (Fsp3) is 0.273. The van der Waals surface area contributed by atoms with Crippen molar-refractivity contribution in [2.45, 2.75) is 13.5 Å². The Bertz CT molecular complexity index is 452. The zero-order chi connectivity index (χ0) is 12.1. The Balaban J connectivity index is 3.21. The molecule has 0 heterocycles. The van der Waals surface area contributed by atoms with E-state index in [1.807, 2.05) is 6.07 Å². The average Bonchev–Trinajstić information content (AvgIpc) is 2.28. The number of hydrogen-bond acceptors (Lipinski definition) is 4. The third-order valence-corrected chi connectivity index (χ3v) is 2.64. The predicted molar refractivity (Wildman–Crippen MR) is 62.7 cm³/mol. The first-order valence-corrected chi connectivity index (χ1v) is 5.53. The van der Waals surface area contributed by atoms with Crippen LogP contribution in [0.3, 0.4) is 0 Å². The largest absolute Gasteiger partial charge is 0.462 e. The van der Waals surface area contributed by atoms with Gasteiger partial charge in [-0.2, -0.15) is 5.26 Å². The van der Waals surface area contributed by atoms with Crippen LogP contribution >= 0.6 is 15.9 Å². The average molecular weight is 283 g/mol. The summed E-state index contributed by atoms with van der Waals surface area (Å²) in [6, 6.07) is 5.18. The van der Waals surface area contributed by atoms with Gasteiger partial charge in [-0.15, -0.1) is 0 Å². The Morgan fingerprint density at radius 2 is 2.31 bits per heavy atom. The highest BCUT2D eigenvalue weighted by Gasteiger charge is 2.13. The number of halogens is 1. The normalized spacial score (nSPS) is 9.62. The highest BCUT2D eigenvalue weighted by atomic mass is 79.9. The summed E-state index contributed by atoms with van der Waals surface area (Å²) in [5, 5.41) is 8.91. The molecule has 0 aliphatic heterocycles. The minimum absolute atomic E-state index is 0.203. The molecule has 0 unspecified atom stereocenters. The fourth-order valence-electron chi connectivity index (χ4n) is 1.28. The smallest absolute Gasteiger partial charge is 0.338 e. The maximum Gasteiger partial charge on any atom is 0.338 e. The number of nitrogens with two attached hydrogens (primary N) is 1. The van der Waals surface area contributed by atoms with Crippen LogP contribution in [0.25, 0.3) is 0 Å². The molecule has 0 saturated heterocycles. The van der Waals surface area contributed by atoms with Gasteiger partial charge in [0.1, 0.15) is 6.07 Å². The van der Waals surface area contributed by atoms with E-state index in [2.05, 4.69) is 15.9 Å². The maximum atomic E-state index is 11.5. The number of ether oxygens (including phenoxy) is 1. The van der Waals surface area contributed by atoms with E-state index in [0.717, 1.165) is 0 Å². The number of carbonyl (C=O) groups excluding carboxylic acids is 1. The number of esters is 1. The monoisotopic (exact) mass is 282 g/mol. The third kappa shape index (κ3) is 2.60. The van der Waals surface area contributed by atoms with Gasteiger partial charge in [0.25, 0.3) is 0 Å². The number of rotatable bonds is 3. The highest BCUT2D eigenvalue weighted by molar-refractivity contribution is 9.10. The van der Waals surface area contributed by atoms with E-state index in [1.165, 1.54) is 0 Å². The molecule has 5 heteroatoms. The SMILES string of the molecule is CCOC(=O)c1cc(Br)c(C#N)c(CN)c1. The molecule has 1 aromatic rings. The van der Waals surface area contributed by atoms with Gasteiger partial charge in [0.15, 0.2) is 0 Å². The number of benzene rings is 1. The van der Waals surface area contributed by atoms with Gasteiger partial charge >= 0.3 is 5.97 Å². The van der Waals surface area contributed by atoms with Crippen molar-refractivity contribution in [2.24, 2.45) is 5.73 Å². The summed E-state index contributed by atoms with van der Waals surface area (Å²) in [6.07, 6.45) is 0. The van der Waals surface area contributed by atoms with E-state index in [1.54, 1.807) is 19.1 Å². The van der Waals surface area contributed by atoms with Crippen LogP contribution in [0.15, 0.2) is 16.6 Å². The first-order chi connectivity index (χ1) is 7.63. The van der Waals surface area contributed by atoms with E-state index >= 15 is 0 Å². The van der Waals surface area contributed by atoms with Gasteiger partial charge in [-0.25, -0.2) is 4.79 Å². The van der Waals surface area contributed by atoms with Gasteiger partial charge in [-0.05, 0) is 40.5 Å². The molecule has 0 aromatic heterocycles. The molecule has 0 atom stereocenters. The van der Waals surface area contributed by atoms with Gasteiger partial charge in [-0.3, -0.25) is 0 Å². The lowest BCUT2D eigenvalue weighted by molar-refractivity contribution is 0.0526. The minimum atomic E-state index is -0.414. The minimum Gasteiger partial charge on any atom is -0.462 e. The molecule has 0 spiro atoms. The quantitative estimate of drug-likeness (QED) is 0.860. The zero-order valence-corrected chi connectivity index (χ0v) is 10.4. The van der Waals surface area contributed by atoms with Crippen LogP contribution in [0.4, 0.5) is 0 Å². The molecule has 0 amide bonds. The summed E-state index contributed by atoms with van der Waals surface area (Å²) in [7, 11) is 0. The topological polar surface area (TPSA) is 76.1 Å². The van der Waals surface area contributed by atoms with Crippen LogP contribution in [0.5, 0.6) is 0 Å². The summed E-state index contributed by atoms with van der Waals surface area (Å²) in [5.74, 6) is -0.414. The van der Waals surface area contributed by atoms with Crippen molar-refractivity contribution in [1.29, 1.82) is 5.26 Å².